The Kier molecular flexibility index (Phi) is 7.68. The highest BCUT2D eigenvalue weighted by Gasteiger charge is 2.37. The van der Waals surface area contributed by atoms with E-state index in [9.17, 15) is 9.59 Å². The smallest absolute Gasteiger partial charge is 0.255 e. The second kappa shape index (κ2) is 10.6. The number of nitrogens with one attached hydrogen (secondary N) is 1. The van der Waals surface area contributed by atoms with E-state index in [-0.39, 0.29) is 24.3 Å². The molecule has 3 rings (SSSR count). The molecular formula is C26H30N2O2. The summed E-state index contributed by atoms with van der Waals surface area (Å²) in [5.41, 5.74) is 2.52. The Morgan fingerprint density at radius 3 is 2.40 bits per heavy atom. The summed E-state index contributed by atoms with van der Waals surface area (Å²) < 4.78 is 0. The van der Waals surface area contributed by atoms with Gasteiger partial charge in [-0.25, -0.2) is 0 Å². The summed E-state index contributed by atoms with van der Waals surface area (Å²) in [5, 5.41) is 3.05. The largest absolute Gasteiger partial charge is 0.350 e. The monoisotopic (exact) mass is 402 g/mol. The van der Waals surface area contributed by atoms with Crippen LogP contribution in [0.1, 0.15) is 53.6 Å². The van der Waals surface area contributed by atoms with Gasteiger partial charge in [0.1, 0.15) is 6.04 Å². The highest BCUT2D eigenvalue weighted by molar-refractivity contribution is 5.99. The first kappa shape index (κ1) is 21.6. The summed E-state index contributed by atoms with van der Waals surface area (Å²) in [6.07, 6.45) is 10.8. The van der Waals surface area contributed by atoms with Crippen LogP contribution in [0.5, 0.6) is 0 Å². The molecule has 1 atom stereocenters. The third-order valence-corrected chi connectivity index (χ3v) is 5.91. The summed E-state index contributed by atoms with van der Waals surface area (Å²) in [7, 11) is 0. The fourth-order valence-corrected chi connectivity index (χ4v) is 4.31. The molecule has 4 heteroatoms. The van der Waals surface area contributed by atoms with Gasteiger partial charge in [-0.2, -0.15) is 0 Å². The van der Waals surface area contributed by atoms with Crippen molar-refractivity contribution in [2.24, 2.45) is 5.92 Å². The molecule has 4 nitrogen and oxygen atoms in total. The van der Waals surface area contributed by atoms with Crippen molar-refractivity contribution in [2.75, 3.05) is 6.54 Å². The van der Waals surface area contributed by atoms with Crippen LogP contribution in [0, 0.1) is 25.2 Å². The molecule has 0 radical (unpaired) electrons. The molecule has 0 heterocycles. The topological polar surface area (TPSA) is 49.4 Å². The first-order valence-corrected chi connectivity index (χ1v) is 10.7. The molecule has 30 heavy (non-hydrogen) atoms. The molecule has 156 valence electrons. The quantitative estimate of drug-likeness (QED) is 0.701. The molecule has 1 fully saturated rings. The maximum Gasteiger partial charge on any atom is 0.255 e. The molecule has 2 aromatic carbocycles. The van der Waals surface area contributed by atoms with Gasteiger partial charge < -0.3 is 10.2 Å². The Labute approximate surface area is 179 Å². The van der Waals surface area contributed by atoms with E-state index in [0.29, 0.717) is 12.1 Å². The van der Waals surface area contributed by atoms with Crippen LogP contribution in [-0.2, 0) is 11.3 Å². The molecule has 0 bridgehead atoms. The third kappa shape index (κ3) is 5.30. The van der Waals surface area contributed by atoms with Gasteiger partial charge in [-0.1, -0.05) is 73.7 Å². The molecule has 0 spiro atoms. The van der Waals surface area contributed by atoms with Crippen molar-refractivity contribution in [2.45, 2.75) is 51.6 Å². The van der Waals surface area contributed by atoms with Gasteiger partial charge in [-0.15, -0.1) is 6.42 Å². The van der Waals surface area contributed by atoms with Gasteiger partial charge in [0.05, 0.1) is 6.54 Å². The fraction of sp³-hybridized carbons (Fsp3) is 0.385. The van der Waals surface area contributed by atoms with Crippen LogP contribution in [0.2, 0.25) is 0 Å². The Bertz CT molecular complexity index is 895. The molecule has 0 aromatic heterocycles. The molecule has 1 saturated carbocycles. The van der Waals surface area contributed by atoms with Crippen molar-refractivity contribution >= 4 is 11.8 Å². The zero-order valence-corrected chi connectivity index (χ0v) is 17.6. The summed E-state index contributed by atoms with van der Waals surface area (Å²) >= 11 is 0. The minimum absolute atomic E-state index is 0.118. The van der Waals surface area contributed by atoms with Gasteiger partial charge in [0, 0.05) is 12.1 Å². The van der Waals surface area contributed by atoms with Gasteiger partial charge >= 0.3 is 0 Å². The van der Waals surface area contributed by atoms with Gasteiger partial charge in [0.15, 0.2) is 0 Å². The van der Waals surface area contributed by atoms with Crippen molar-refractivity contribution < 1.29 is 9.59 Å². The molecule has 1 aliphatic carbocycles. The fourth-order valence-electron chi connectivity index (χ4n) is 4.31. The van der Waals surface area contributed by atoms with Crippen LogP contribution in [0.3, 0.4) is 0 Å². The highest BCUT2D eigenvalue weighted by atomic mass is 16.2. The summed E-state index contributed by atoms with van der Waals surface area (Å²) in [6.45, 7) is 2.46. The van der Waals surface area contributed by atoms with Crippen molar-refractivity contribution in [1.29, 1.82) is 0 Å². The lowest BCUT2D eigenvalue weighted by molar-refractivity contribution is -0.128. The van der Waals surface area contributed by atoms with Crippen LogP contribution in [0.15, 0.2) is 54.6 Å². The van der Waals surface area contributed by atoms with E-state index in [4.69, 9.17) is 6.42 Å². The Balaban J connectivity index is 1.87. The van der Waals surface area contributed by atoms with E-state index in [1.54, 1.807) is 11.0 Å². The van der Waals surface area contributed by atoms with Gasteiger partial charge in [-0.3, -0.25) is 9.59 Å². The maximum absolute atomic E-state index is 13.5. The molecular weight excluding hydrogens is 372 g/mol. The number of amides is 2. The normalized spacial score (nSPS) is 15.1. The first-order chi connectivity index (χ1) is 14.6. The second-order valence-electron chi connectivity index (χ2n) is 8.00. The lowest BCUT2D eigenvalue weighted by Crippen LogP contribution is -2.53. The Hall–Kier alpha value is -3.06. The minimum Gasteiger partial charge on any atom is -0.350 e. The first-order valence-electron chi connectivity index (χ1n) is 10.7. The molecule has 2 aromatic rings. The number of carbonyl (C=O) groups excluding carboxylic acids is 2. The maximum atomic E-state index is 13.5. The predicted molar refractivity (Wildman–Crippen MR) is 120 cm³/mol. The van der Waals surface area contributed by atoms with Crippen LogP contribution in [-0.4, -0.2) is 29.3 Å². The molecule has 0 aliphatic heterocycles. The number of hydrogen-bond donors (Lipinski definition) is 1. The van der Waals surface area contributed by atoms with Crippen LogP contribution < -0.4 is 5.32 Å². The van der Waals surface area contributed by atoms with Crippen LogP contribution in [0.25, 0.3) is 0 Å². The van der Waals surface area contributed by atoms with Crippen molar-refractivity contribution in [1.82, 2.24) is 10.2 Å². The molecule has 1 N–H and O–H groups in total. The number of nitrogens with zero attached hydrogens (tertiary/aromatic N) is 1. The van der Waals surface area contributed by atoms with Crippen molar-refractivity contribution in [3.63, 3.8) is 0 Å². The average molecular weight is 403 g/mol. The molecule has 1 aliphatic rings. The van der Waals surface area contributed by atoms with E-state index in [1.807, 2.05) is 55.5 Å². The lowest BCUT2D eigenvalue weighted by Gasteiger charge is -2.37. The molecule has 0 saturated heterocycles. The zero-order chi connectivity index (χ0) is 21.3. The van der Waals surface area contributed by atoms with E-state index in [0.717, 1.165) is 36.8 Å². The van der Waals surface area contributed by atoms with Gasteiger partial charge in [0.25, 0.3) is 5.91 Å². The predicted octanol–water partition coefficient (Wildman–Crippen LogP) is 4.34. The highest BCUT2D eigenvalue weighted by Crippen LogP contribution is 2.30. The second-order valence-corrected chi connectivity index (χ2v) is 8.00. The number of aryl methyl sites for hydroxylation is 1. The Morgan fingerprint density at radius 1 is 1.07 bits per heavy atom. The van der Waals surface area contributed by atoms with Gasteiger partial charge in [0.2, 0.25) is 5.91 Å². The summed E-state index contributed by atoms with van der Waals surface area (Å²) in [4.78, 5) is 28.5. The lowest BCUT2D eigenvalue weighted by atomic mass is 9.82. The van der Waals surface area contributed by atoms with Gasteiger partial charge in [-0.05, 0) is 42.9 Å². The number of hydrogen-bond acceptors (Lipinski definition) is 2. The van der Waals surface area contributed by atoms with Crippen LogP contribution in [0.4, 0.5) is 0 Å². The van der Waals surface area contributed by atoms with E-state index in [2.05, 4.69) is 11.2 Å². The SMILES string of the molecule is C#CCN(C(=O)c1ccccc1C)C(C(=O)NCc1ccccc1)C1CCCCC1. The standard InChI is InChI=1S/C26H30N2O2/c1-3-18-28(26(30)23-17-11-10-12-20(23)2)24(22-15-8-5-9-16-22)25(29)27-19-21-13-6-4-7-14-21/h1,4,6-7,10-14,17,22,24H,5,8-9,15-16,18-19H2,2H3,(H,27,29). The number of benzene rings is 2. The zero-order valence-electron chi connectivity index (χ0n) is 17.6. The van der Waals surface area contributed by atoms with E-state index < -0.39 is 6.04 Å². The third-order valence-electron chi connectivity index (χ3n) is 5.91. The average Bonchev–Trinajstić information content (AvgIpc) is 2.78. The van der Waals surface area contributed by atoms with E-state index in [1.165, 1.54) is 6.42 Å². The van der Waals surface area contributed by atoms with Crippen molar-refractivity contribution in [3.05, 3.63) is 71.3 Å². The minimum atomic E-state index is -0.558. The van der Waals surface area contributed by atoms with Crippen LogP contribution >= 0.6 is 0 Å². The number of rotatable bonds is 7. The molecule has 1 unspecified atom stereocenters. The summed E-state index contributed by atoms with van der Waals surface area (Å²) in [5.74, 6) is 2.44. The molecule has 2 amide bonds. The van der Waals surface area contributed by atoms with E-state index >= 15 is 0 Å². The van der Waals surface area contributed by atoms with Crippen molar-refractivity contribution in [3.8, 4) is 12.3 Å². The number of terminal acetylenes is 1. The summed E-state index contributed by atoms with van der Waals surface area (Å²) in [6, 6.07) is 16.7. The Morgan fingerprint density at radius 2 is 1.73 bits per heavy atom. The number of carbonyl (C=O) groups is 2.